The van der Waals surface area contributed by atoms with Gasteiger partial charge in [-0.25, -0.2) is 0 Å². The second-order valence-corrected chi connectivity index (χ2v) is 5.04. The second kappa shape index (κ2) is 3.95. The van der Waals surface area contributed by atoms with Crippen LogP contribution in [0.1, 0.15) is 26.2 Å². The summed E-state index contributed by atoms with van der Waals surface area (Å²) in [5, 5.41) is 0. The minimum atomic E-state index is -0.237. The fourth-order valence-corrected chi connectivity index (χ4v) is 3.11. The lowest BCUT2D eigenvalue weighted by Gasteiger charge is -2.17. The number of imide groups is 1. The van der Waals surface area contributed by atoms with E-state index in [1.54, 1.807) is 0 Å². The van der Waals surface area contributed by atoms with Crippen molar-refractivity contribution in [3.8, 4) is 0 Å². The minimum absolute atomic E-state index is 0.0204. The maximum Gasteiger partial charge on any atom is 0.236 e. The van der Waals surface area contributed by atoms with Crippen LogP contribution in [-0.2, 0) is 14.3 Å². The summed E-state index contributed by atoms with van der Waals surface area (Å²) in [6.07, 6.45) is 6.61. The van der Waals surface area contributed by atoms with Crippen molar-refractivity contribution in [2.24, 2.45) is 11.8 Å². The van der Waals surface area contributed by atoms with Gasteiger partial charge in [0, 0.05) is 6.54 Å². The number of amides is 2. The quantitative estimate of drug-likeness (QED) is 0.416. The highest BCUT2D eigenvalue weighted by Crippen LogP contribution is 2.44. The van der Waals surface area contributed by atoms with Crippen LogP contribution in [0.15, 0.2) is 12.2 Å². The molecule has 4 nitrogen and oxygen atoms in total. The fourth-order valence-electron chi connectivity index (χ4n) is 3.11. The Morgan fingerprint density at radius 2 is 1.71 bits per heavy atom. The molecule has 3 aliphatic rings. The van der Waals surface area contributed by atoms with Gasteiger partial charge >= 0.3 is 0 Å². The van der Waals surface area contributed by atoms with E-state index in [1.165, 1.54) is 4.90 Å². The topological polar surface area (TPSA) is 46.6 Å². The van der Waals surface area contributed by atoms with Gasteiger partial charge in [-0.2, -0.15) is 0 Å². The second-order valence-electron chi connectivity index (χ2n) is 5.04. The fraction of sp³-hybridized carbons (Fsp3) is 0.692. The molecular weight excluding hydrogens is 218 g/mol. The van der Waals surface area contributed by atoms with Gasteiger partial charge in [0.2, 0.25) is 11.8 Å². The molecule has 3 heterocycles. The first kappa shape index (κ1) is 11.0. The van der Waals surface area contributed by atoms with Gasteiger partial charge in [-0.3, -0.25) is 14.5 Å². The van der Waals surface area contributed by atoms with E-state index in [4.69, 9.17) is 4.74 Å². The molecule has 92 valence electrons. The van der Waals surface area contributed by atoms with Crippen LogP contribution < -0.4 is 0 Å². The number of fused-ring (bicyclic) bond motifs is 5. The molecule has 4 heteroatoms. The van der Waals surface area contributed by atoms with Gasteiger partial charge in [-0.15, -0.1) is 0 Å². The lowest BCUT2D eigenvalue weighted by atomic mass is 9.85. The summed E-state index contributed by atoms with van der Waals surface area (Å²) < 4.78 is 5.57. The van der Waals surface area contributed by atoms with Crippen LogP contribution in [0.3, 0.4) is 0 Å². The van der Waals surface area contributed by atoms with Crippen LogP contribution in [0.4, 0.5) is 0 Å². The third-order valence-electron chi connectivity index (χ3n) is 3.99. The van der Waals surface area contributed by atoms with E-state index in [0.29, 0.717) is 6.54 Å². The van der Waals surface area contributed by atoms with Crippen LogP contribution in [0.5, 0.6) is 0 Å². The van der Waals surface area contributed by atoms with Crippen molar-refractivity contribution >= 4 is 11.8 Å². The van der Waals surface area contributed by atoms with Crippen LogP contribution >= 0.6 is 0 Å². The van der Waals surface area contributed by atoms with E-state index in [2.05, 4.69) is 6.92 Å². The predicted octanol–water partition coefficient (Wildman–Crippen LogP) is 1.11. The summed E-state index contributed by atoms with van der Waals surface area (Å²) >= 11 is 0. The Morgan fingerprint density at radius 3 is 2.24 bits per heavy atom. The molecule has 0 aromatic heterocycles. The van der Waals surface area contributed by atoms with Crippen LogP contribution in [-0.4, -0.2) is 35.5 Å². The Bertz CT molecular complexity index is 360. The standard InChI is InChI=1S/C13H17NO3/c1-2-3-4-7-14-12(15)10-8-5-6-9(17-8)11(10)13(14)16/h5-6,8-11H,2-4,7H2,1H3/t8-,9+,10+,11-. The van der Waals surface area contributed by atoms with Crippen molar-refractivity contribution in [2.75, 3.05) is 6.54 Å². The SMILES string of the molecule is CCCCCN1C(=O)[C@@H]2[C@H](C1=O)[C@@H]1C=C[C@H]2O1. The molecule has 2 saturated heterocycles. The summed E-state index contributed by atoms with van der Waals surface area (Å²) in [6.45, 7) is 2.69. The third kappa shape index (κ3) is 1.47. The summed E-state index contributed by atoms with van der Waals surface area (Å²) in [4.78, 5) is 25.8. The van der Waals surface area contributed by atoms with Gasteiger partial charge in [0.15, 0.2) is 0 Å². The molecule has 2 amide bonds. The molecule has 2 fully saturated rings. The summed E-state index contributed by atoms with van der Waals surface area (Å²) in [6, 6.07) is 0. The lowest BCUT2D eigenvalue weighted by molar-refractivity contribution is -0.142. The van der Waals surface area contributed by atoms with E-state index in [0.717, 1.165) is 19.3 Å². The van der Waals surface area contributed by atoms with Gasteiger partial charge in [-0.05, 0) is 6.42 Å². The Kier molecular flexibility index (Phi) is 2.54. The number of carbonyl (C=O) groups is 2. The smallest absolute Gasteiger partial charge is 0.236 e. The van der Waals surface area contributed by atoms with Crippen molar-refractivity contribution in [1.29, 1.82) is 0 Å². The molecule has 0 aliphatic carbocycles. The molecule has 0 unspecified atom stereocenters. The van der Waals surface area contributed by atoms with Crippen molar-refractivity contribution in [1.82, 2.24) is 4.90 Å². The Labute approximate surface area is 101 Å². The van der Waals surface area contributed by atoms with Crippen LogP contribution in [0.25, 0.3) is 0 Å². The number of nitrogens with zero attached hydrogens (tertiary/aromatic N) is 1. The summed E-state index contributed by atoms with van der Waals surface area (Å²) in [5.41, 5.74) is 0. The number of unbranched alkanes of at least 4 members (excludes halogenated alkanes) is 2. The number of rotatable bonds is 4. The number of ether oxygens (including phenoxy) is 1. The van der Waals surface area contributed by atoms with E-state index in [9.17, 15) is 9.59 Å². The zero-order valence-electron chi connectivity index (χ0n) is 9.96. The van der Waals surface area contributed by atoms with Crippen molar-refractivity contribution < 1.29 is 14.3 Å². The van der Waals surface area contributed by atoms with Gasteiger partial charge in [0.25, 0.3) is 0 Å². The van der Waals surface area contributed by atoms with Crippen molar-refractivity contribution in [3.05, 3.63) is 12.2 Å². The van der Waals surface area contributed by atoms with Gasteiger partial charge in [0.1, 0.15) is 0 Å². The monoisotopic (exact) mass is 235 g/mol. The number of hydrogen-bond donors (Lipinski definition) is 0. The van der Waals surface area contributed by atoms with Gasteiger partial charge in [-0.1, -0.05) is 31.9 Å². The molecule has 0 N–H and O–H groups in total. The molecule has 4 atom stereocenters. The minimum Gasteiger partial charge on any atom is -0.365 e. The first-order valence-corrected chi connectivity index (χ1v) is 6.43. The molecule has 3 aliphatic heterocycles. The summed E-state index contributed by atoms with van der Waals surface area (Å²) in [5.74, 6) is -0.515. The molecular formula is C13H17NO3. The molecule has 0 aromatic carbocycles. The zero-order chi connectivity index (χ0) is 12.0. The maximum atomic E-state index is 12.2. The summed E-state index contributed by atoms with van der Waals surface area (Å²) in [7, 11) is 0. The largest absolute Gasteiger partial charge is 0.365 e. The lowest BCUT2D eigenvalue weighted by Crippen LogP contribution is -2.35. The van der Waals surface area contributed by atoms with Crippen molar-refractivity contribution in [2.45, 2.75) is 38.4 Å². The maximum absolute atomic E-state index is 12.2. The predicted molar refractivity (Wildman–Crippen MR) is 61.0 cm³/mol. The molecule has 2 bridgehead atoms. The van der Waals surface area contributed by atoms with Crippen LogP contribution in [0.2, 0.25) is 0 Å². The van der Waals surface area contributed by atoms with Crippen molar-refractivity contribution in [3.63, 3.8) is 0 Å². The Hall–Kier alpha value is -1.16. The van der Waals surface area contributed by atoms with Crippen LogP contribution in [0, 0.1) is 11.8 Å². The number of hydrogen-bond acceptors (Lipinski definition) is 3. The first-order chi connectivity index (χ1) is 8.24. The highest BCUT2D eigenvalue weighted by molar-refractivity contribution is 6.06. The van der Waals surface area contributed by atoms with E-state index >= 15 is 0 Å². The Morgan fingerprint density at radius 1 is 1.12 bits per heavy atom. The molecule has 3 rings (SSSR count). The zero-order valence-corrected chi connectivity index (χ0v) is 9.96. The van der Waals surface area contributed by atoms with E-state index in [1.807, 2.05) is 12.2 Å². The van der Waals surface area contributed by atoms with Gasteiger partial charge in [0.05, 0.1) is 24.0 Å². The number of carbonyl (C=O) groups excluding carboxylic acids is 2. The molecule has 0 saturated carbocycles. The average Bonchev–Trinajstić information content (AvgIpc) is 2.97. The highest BCUT2D eigenvalue weighted by atomic mass is 16.5. The highest BCUT2D eigenvalue weighted by Gasteiger charge is 2.60. The average molecular weight is 235 g/mol. The van der Waals surface area contributed by atoms with Gasteiger partial charge < -0.3 is 4.74 Å². The molecule has 17 heavy (non-hydrogen) atoms. The molecule has 0 spiro atoms. The molecule has 0 aromatic rings. The third-order valence-corrected chi connectivity index (χ3v) is 3.99. The van der Waals surface area contributed by atoms with E-state index in [-0.39, 0.29) is 35.9 Å². The first-order valence-electron chi connectivity index (χ1n) is 6.43. The number of likely N-dealkylation sites (tertiary alicyclic amines) is 1. The molecule has 0 radical (unpaired) electrons. The van der Waals surface area contributed by atoms with E-state index < -0.39 is 0 Å². The Balaban J connectivity index is 1.74. The normalized spacial score (nSPS) is 38.3.